The summed E-state index contributed by atoms with van der Waals surface area (Å²) in [5, 5.41) is 0. The lowest BCUT2D eigenvalue weighted by Gasteiger charge is -2.40. The molecule has 1 amide bonds. The van der Waals surface area contributed by atoms with E-state index in [1.54, 1.807) is 0 Å². The molecule has 1 atom stereocenters. The average Bonchev–Trinajstić information content (AvgIpc) is 2.65. The van der Waals surface area contributed by atoms with Gasteiger partial charge in [0.05, 0.1) is 11.5 Å². The van der Waals surface area contributed by atoms with Crippen molar-refractivity contribution in [2.45, 2.75) is 53.0 Å². The second kappa shape index (κ2) is 9.25. The van der Waals surface area contributed by atoms with Gasteiger partial charge in [0.1, 0.15) is 0 Å². The zero-order valence-corrected chi connectivity index (χ0v) is 16.3. The largest absolute Gasteiger partial charge is 0.303 e. The number of hydrogen-bond acceptors (Lipinski definition) is 1. The molecule has 2 aromatic rings. The van der Waals surface area contributed by atoms with Gasteiger partial charge in [0.2, 0.25) is 5.91 Å². The van der Waals surface area contributed by atoms with Gasteiger partial charge in [-0.1, -0.05) is 67.8 Å². The van der Waals surface area contributed by atoms with Crippen LogP contribution in [0.4, 0.5) is 5.69 Å². The highest BCUT2D eigenvalue weighted by atomic mass is 16.2. The van der Waals surface area contributed by atoms with Gasteiger partial charge >= 0.3 is 0 Å². The molecule has 0 spiro atoms. The predicted molar refractivity (Wildman–Crippen MR) is 110 cm³/mol. The van der Waals surface area contributed by atoms with Crippen LogP contribution in [0.2, 0.25) is 0 Å². The standard InChI is InChI=1S/C24H29NO/c1-5-7-18-22(26)25(21-16-12-9-13-17-21)23(24(3,4)19-6-2)20-14-10-8-11-15-20/h8-17,23H,5,7,18H2,1-4H3. The van der Waals surface area contributed by atoms with Gasteiger partial charge < -0.3 is 4.90 Å². The molecule has 0 bridgehead atoms. The van der Waals surface area contributed by atoms with Gasteiger partial charge in [-0.25, -0.2) is 0 Å². The number of nitrogens with zero attached hydrogens (tertiary/aromatic N) is 1. The summed E-state index contributed by atoms with van der Waals surface area (Å²) in [6.45, 7) is 8.20. The average molecular weight is 348 g/mol. The zero-order chi connectivity index (χ0) is 19.0. The highest BCUT2D eigenvalue weighted by Crippen LogP contribution is 2.41. The van der Waals surface area contributed by atoms with E-state index in [2.05, 4.69) is 44.7 Å². The minimum absolute atomic E-state index is 0.150. The van der Waals surface area contributed by atoms with Crippen LogP contribution in [-0.2, 0) is 4.79 Å². The van der Waals surface area contributed by atoms with Crippen LogP contribution < -0.4 is 4.90 Å². The Bertz CT molecular complexity index is 753. The summed E-state index contributed by atoms with van der Waals surface area (Å²) in [4.78, 5) is 15.2. The Morgan fingerprint density at radius 2 is 1.62 bits per heavy atom. The van der Waals surface area contributed by atoms with Crippen molar-refractivity contribution in [3.63, 3.8) is 0 Å². The van der Waals surface area contributed by atoms with Gasteiger partial charge in [-0.3, -0.25) is 4.79 Å². The lowest BCUT2D eigenvalue weighted by atomic mass is 9.79. The molecular formula is C24H29NO. The molecule has 0 saturated carbocycles. The van der Waals surface area contributed by atoms with E-state index in [1.807, 2.05) is 60.4 Å². The molecule has 136 valence electrons. The Hall–Kier alpha value is -2.53. The molecule has 0 aliphatic heterocycles. The molecule has 0 aromatic heterocycles. The van der Waals surface area contributed by atoms with Crippen LogP contribution >= 0.6 is 0 Å². The third-order valence-electron chi connectivity index (χ3n) is 4.55. The maximum atomic E-state index is 13.2. The molecular weight excluding hydrogens is 318 g/mol. The van der Waals surface area contributed by atoms with Crippen molar-refractivity contribution in [1.29, 1.82) is 0 Å². The first kappa shape index (κ1) is 19.8. The van der Waals surface area contributed by atoms with Crippen molar-refractivity contribution in [2.24, 2.45) is 5.41 Å². The fraction of sp³-hybridized carbons (Fsp3) is 0.375. The van der Waals surface area contributed by atoms with Gasteiger partial charge in [0.25, 0.3) is 0 Å². The first-order valence-electron chi connectivity index (χ1n) is 9.37. The molecule has 2 heteroatoms. The predicted octanol–water partition coefficient (Wildman–Crippen LogP) is 6.00. The normalized spacial score (nSPS) is 12.0. The highest BCUT2D eigenvalue weighted by molar-refractivity contribution is 5.94. The van der Waals surface area contributed by atoms with E-state index in [-0.39, 0.29) is 17.4 Å². The van der Waals surface area contributed by atoms with Gasteiger partial charge in [-0.15, -0.1) is 5.92 Å². The van der Waals surface area contributed by atoms with Crippen molar-refractivity contribution >= 4 is 11.6 Å². The second-order valence-corrected chi connectivity index (χ2v) is 7.11. The van der Waals surface area contributed by atoms with Crippen LogP contribution in [0, 0.1) is 17.3 Å². The zero-order valence-electron chi connectivity index (χ0n) is 16.3. The van der Waals surface area contributed by atoms with E-state index in [1.165, 1.54) is 0 Å². The Kier molecular flexibility index (Phi) is 7.04. The van der Waals surface area contributed by atoms with Crippen molar-refractivity contribution in [3.8, 4) is 11.8 Å². The van der Waals surface area contributed by atoms with Crippen LogP contribution in [-0.4, -0.2) is 5.91 Å². The van der Waals surface area contributed by atoms with Gasteiger partial charge in [-0.2, -0.15) is 0 Å². The fourth-order valence-corrected chi connectivity index (χ4v) is 3.39. The number of rotatable bonds is 7. The summed E-state index contributed by atoms with van der Waals surface area (Å²) in [7, 11) is 0. The van der Waals surface area contributed by atoms with Crippen molar-refractivity contribution in [3.05, 3.63) is 66.2 Å². The number of carbonyl (C=O) groups excluding carboxylic acids is 1. The minimum atomic E-state index is -0.381. The molecule has 0 saturated heterocycles. The Labute approximate surface area is 158 Å². The quantitative estimate of drug-likeness (QED) is 0.562. The SMILES string of the molecule is CC#CC(C)(C)C(c1ccccc1)N(C(=O)CCCC)c1ccccc1. The molecule has 0 heterocycles. The molecule has 1 unspecified atom stereocenters. The van der Waals surface area contributed by atoms with Gasteiger partial charge in [-0.05, 0) is 44.9 Å². The molecule has 2 aromatic carbocycles. The van der Waals surface area contributed by atoms with Crippen molar-refractivity contribution in [2.75, 3.05) is 4.90 Å². The topological polar surface area (TPSA) is 20.3 Å². The summed E-state index contributed by atoms with van der Waals surface area (Å²) in [6, 6.07) is 20.0. The van der Waals surface area contributed by atoms with Crippen LogP contribution in [0.3, 0.4) is 0 Å². The maximum absolute atomic E-state index is 13.2. The van der Waals surface area contributed by atoms with E-state index >= 15 is 0 Å². The molecule has 0 aliphatic rings. The van der Waals surface area contributed by atoms with Crippen molar-refractivity contribution < 1.29 is 4.79 Å². The van der Waals surface area contributed by atoms with Crippen molar-refractivity contribution in [1.82, 2.24) is 0 Å². The van der Waals surface area contributed by atoms with Crippen LogP contribution in [0.25, 0.3) is 0 Å². The van der Waals surface area contributed by atoms with E-state index < -0.39 is 0 Å². The molecule has 2 rings (SSSR count). The molecule has 0 radical (unpaired) electrons. The summed E-state index contributed by atoms with van der Waals surface area (Å²) in [6.07, 6.45) is 2.44. The van der Waals surface area contributed by atoms with Crippen LogP contribution in [0.1, 0.15) is 58.6 Å². The molecule has 2 nitrogen and oxygen atoms in total. The lowest BCUT2D eigenvalue weighted by molar-refractivity contribution is -0.119. The Morgan fingerprint density at radius 1 is 1.04 bits per heavy atom. The number of benzene rings is 2. The molecule has 0 aliphatic carbocycles. The number of carbonyl (C=O) groups is 1. The number of amides is 1. The number of anilines is 1. The van der Waals surface area contributed by atoms with Gasteiger partial charge in [0.15, 0.2) is 0 Å². The number of unbranched alkanes of at least 4 members (excludes halogenated alkanes) is 1. The van der Waals surface area contributed by atoms with Crippen LogP contribution in [0.15, 0.2) is 60.7 Å². The van der Waals surface area contributed by atoms with E-state index in [0.717, 1.165) is 24.1 Å². The van der Waals surface area contributed by atoms with Gasteiger partial charge in [0, 0.05) is 12.1 Å². The molecule has 0 fully saturated rings. The molecule has 0 N–H and O–H groups in total. The lowest BCUT2D eigenvalue weighted by Crippen LogP contribution is -2.42. The monoisotopic (exact) mass is 347 g/mol. The maximum Gasteiger partial charge on any atom is 0.227 e. The third-order valence-corrected chi connectivity index (χ3v) is 4.55. The third kappa shape index (κ3) is 4.76. The smallest absolute Gasteiger partial charge is 0.227 e. The molecule has 26 heavy (non-hydrogen) atoms. The summed E-state index contributed by atoms with van der Waals surface area (Å²) in [5.41, 5.74) is 1.65. The Balaban J connectivity index is 2.60. The Morgan fingerprint density at radius 3 is 2.15 bits per heavy atom. The first-order chi connectivity index (χ1) is 12.5. The minimum Gasteiger partial charge on any atom is -0.303 e. The van der Waals surface area contributed by atoms with E-state index in [0.29, 0.717) is 6.42 Å². The van der Waals surface area contributed by atoms with E-state index in [9.17, 15) is 4.79 Å². The summed E-state index contributed by atoms with van der Waals surface area (Å²) >= 11 is 0. The fourth-order valence-electron chi connectivity index (χ4n) is 3.39. The van der Waals surface area contributed by atoms with Crippen LogP contribution in [0.5, 0.6) is 0 Å². The highest BCUT2D eigenvalue weighted by Gasteiger charge is 2.37. The summed E-state index contributed by atoms with van der Waals surface area (Å²) in [5.74, 6) is 6.55. The second-order valence-electron chi connectivity index (χ2n) is 7.11. The number of hydrogen-bond donors (Lipinski definition) is 0. The number of para-hydroxylation sites is 1. The summed E-state index contributed by atoms with van der Waals surface area (Å²) < 4.78 is 0. The van der Waals surface area contributed by atoms with E-state index in [4.69, 9.17) is 0 Å². The first-order valence-corrected chi connectivity index (χ1v) is 9.37.